The topological polar surface area (TPSA) is 107 Å². The third-order valence-corrected chi connectivity index (χ3v) is 7.58. The number of nitrogens with zero attached hydrogens (tertiary/aromatic N) is 6. The predicted octanol–water partition coefficient (Wildman–Crippen LogP) is 3.24. The first-order valence-corrected chi connectivity index (χ1v) is 13.2. The largest absolute Gasteiger partial charge is 0.479 e. The SMILES string of the molecule is COc1nc(N[C@@H]2CCN(S(C)(=O)=O)CC2(F)F)nn2ccc(-c3cc(F)c4ncn(CC(F)F)c4c3)c12. The van der Waals surface area contributed by atoms with Crippen LogP contribution in [0.25, 0.3) is 27.7 Å². The monoisotopic (exact) mass is 559 g/mol. The highest BCUT2D eigenvalue weighted by Gasteiger charge is 2.47. The number of nitrogens with one attached hydrogen (secondary N) is 1. The maximum Gasteiger partial charge on any atom is 0.281 e. The summed E-state index contributed by atoms with van der Waals surface area (Å²) in [5.74, 6) is -4.32. The fourth-order valence-electron chi connectivity index (χ4n) is 4.52. The molecule has 3 aromatic heterocycles. The molecule has 4 heterocycles. The molecule has 1 N–H and O–H groups in total. The number of methoxy groups -OCH3 is 1. The summed E-state index contributed by atoms with van der Waals surface area (Å²) in [6, 6.07) is 2.83. The van der Waals surface area contributed by atoms with Crippen LogP contribution in [0, 0.1) is 5.82 Å². The molecule has 5 rings (SSSR count). The molecule has 1 atom stereocenters. The van der Waals surface area contributed by atoms with Crippen molar-refractivity contribution >= 4 is 32.5 Å². The lowest BCUT2D eigenvalue weighted by atomic mass is 10.0. The lowest BCUT2D eigenvalue weighted by Gasteiger charge is -2.37. The van der Waals surface area contributed by atoms with Crippen molar-refractivity contribution in [1.29, 1.82) is 0 Å². The van der Waals surface area contributed by atoms with Crippen LogP contribution in [0.15, 0.2) is 30.7 Å². The van der Waals surface area contributed by atoms with Gasteiger partial charge in [-0.15, -0.1) is 5.10 Å². The van der Waals surface area contributed by atoms with Crippen LogP contribution in [-0.4, -0.2) is 81.7 Å². The number of sulfonamides is 1. The number of rotatable bonds is 7. The van der Waals surface area contributed by atoms with Gasteiger partial charge >= 0.3 is 0 Å². The lowest BCUT2D eigenvalue weighted by Crippen LogP contribution is -2.55. The van der Waals surface area contributed by atoms with Gasteiger partial charge in [-0.25, -0.2) is 39.9 Å². The number of hydrogen-bond acceptors (Lipinski definition) is 7. The molecule has 0 bridgehead atoms. The Hall–Kier alpha value is -3.53. The Morgan fingerprint density at radius 2 is 2.05 bits per heavy atom. The smallest absolute Gasteiger partial charge is 0.281 e. The van der Waals surface area contributed by atoms with Crippen LogP contribution in [0.4, 0.5) is 27.9 Å². The van der Waals surface area contributed by atoms with Crippen LogP contribution in [-0.2, 0) is 16.6 Å². The number of piperidine rings is 1. The van der Waals surface area contributed by atoms with E-state index in [-0.39, 0.29) is 41.3 Å². The maximum atomic E-state index is 14.8. The molecule has 1 aliphatic heterocycles. The number of aromatic nitrogens is 5. The lowest BCUT2D eigenvalue weighted by molar-refractivity contribution is -0.0541. The van der Waals surface area contributed by atoms with Crippen molar-refractivity contribution < 1.29 is 35.1 Å². The third kappa shape index (κ3) is 4.73. The van der Waals surface area contributed by atoms with Gasteiger partial charge in [0, 0.05) is 18.3 Å². The van der Waals surface area contributed by atoms with Crippen molar-refractivity contribution in [2.75, 3.05) is 31.8 Å². The third-order valence-electron chi connectivity index (χ3n) is 6.33. The molecule has 0 spiro atoms. The molecule has 1 aliphatic rings. The Bertz CT molecular complexity index is 1620. The molecule has 0 radical (unpaired) electrons. The predicted molar refractivity (Wildman–Crippen MR) is 128 cm³/mol. The summed E-state index contributed by atoms with van der Waals surface area (Å²) >= 11 is 0. The van der Waals surface area contributed by atoms with Gasteiger partial charge in [-0.3, -0.25) is 0 Å². The summed E-state index contributed by atoms with van der Waals surface area (Å²) in [5, 5.41) is 6.81. The van der Waals surface area contributed by atoms with E-state index in [2.05, 4.69) is 20.4 Å². The zero-order valence-corrected chi connectivity index (χ0v) is 20.9. The molecule has 16 heteroatoms. The highest BCUT2D eigenvalue weighted by molar-refractivity contribution is 7.88. The molecule has 10 nitrogen and oxygen atoms in total. The van der Waals surface area contributed by atoms with E-state index in [1.807, 2.05) is 0 Å². The van der Waals surface area contributed by atoms with Crippen molar-refractivity contribution in [3.8, 4) is 17.0 Å². The van der Waals surface area contributed by atoms with Crippen molar-refractivity contribution in [2.24, 2.45) is 0 Å². The van der Waals surface area contributed by atoms with E-state index < -0.39 is 47.3 Å². The van der Waals surface area contributed by atoms with Crippen LogP contribution in [0.1, 0.15) is 6.42 Å². The quantitative estimate of drug-likeness (QED) is 0.347. The summed E-state index contributed by atoms with van der Waals surface area (Å²) in [4.78, 5) is 8.08. The van der Waals surface area contributed by atoms with Gasteiger partial charge in [0.15, 0.2) is 5.82 Å². The van der Waals surface area contributed by atoms with E-state index in [0.29, 0.717) is 11.1 Å². The maximum absolute atomic E-state index is 14.8. The molecule has 0 unspecified atom stereocenters. The van der Waals surface area contributed by atoms with Crippen molar-refractivity contribution in [3.05, 3.63) is 36.5 Å². The number of hydrogen-bond donors (Lipinski definition) is 1. The number of imidazole rings is 1. The van der Waals surface area contributed by atoms with E-state index in [0.717, 1.165) is 21.5 Å². The first-order chi connectivity index (χ1) is 17.9. The van der Waals surface area contributed by atoms with Crippen LogP contribution in [0.3, 0.4) is 0 Å². The highest BCUT2D eigenvalue weighted by atomic mass is 32.2. The van der Waals surface area contributed by atoms with Gasteiger partial charge in [0.1, 0.15) is 11.0 Å². The first-order valence-electron chi connectivity index (χ1n) is 11.3. The Kier molecular flexibility index (Phi) is 6.41. The molecular weight excluding hydrogens is 537 g/mol. The van der Waals surface area contributed by atoms with E-state index in [1.54, 1.807) is 6.07 Å². The van der Waals surface area contributed by atoms with Crippen molar-refractivity contribution in [2.45, 2.75) is 31.4 Å². The van der Waals surface area contributed by atoms with E-state index in [4.69, 9.17) is 4.74 Å². The minimum absolute atomic E-state index is 0.0130. The number of ether oxygens (including phenoxy) is 1. The zero-order valence-electron chi connectivity index (χ0n) is 20.1. The van der Waals surface area contributed by atoms with Gasteiger partial charge in [0.05, 0.1) is 44.3 Å². The summed E-state index contributed by atoms with van der Waals surface area (Å²) in [6.45, 7) is -1.74. The summed E-state index contributed by atoms with van der Waals surface area (Å²) < 4.78 is 102. The van der Waals surface area contributed by atoms with Crippen molar-refractivity contribution in [3.63, 3.8) is 0 Å². The summed E-state index contributed by atoms with van der Waals surface area (Å²) in [7, 11) is -2.47. The minimum atomic E-state index is -3.78. The summed E-state index contributed by atoms with van der Waals surface area (Å²) in [6.07, 6.45) is 0.646. The Balaban J connectivity index is 1.50. The second kappa shape index (κ2) is 9.34. The standard InChI is InChI=1S/C22H22F5N7O3S/c1-37-20-19-13(12-7-14(23)18-15(8-12)32(11-28-18)9-17(24)25)3-6-34(19)31-21(30-20)29-16-4-5-33(38(2,35)36)10-22(16,26)27/h3,6-8,11,16-17H,4-5,9-10H2,1-2H3,(H,29,31)/t16-/m1/s1. The molecule has 0 aliphatic carbocycles. The number of halogens is 5. The van der Waals surface area contributed by atoms with Gasteiger partial charge in [-0.05, 0) is 30.2 Å². The average Bonchev–Trinajstić information content (AvgIpc) is 3.43. The average molecular weight is 560 g/mol. The van der Waals surface area contributed by atoms with Crippen LogP contribution in [0.2, 0.25) is 0 Å². The van der Waals surface area contributed by atoms with Crippen LogP contribution in [0.5, 0.6) is 5.88 Å². The van der Waals surface area contributed by atoms with Crippen LogP contribution < -0.4 is 10.1 Å². The molecule has 1 saturated heterocycles. The van der Waals surface area contributed by atoms with Gasteiger partial charge in [0.2, 0.25) is 21.9 Å². The molecule has 1 aromatic carbocycles. The second-order valence-electron chi connectivity index (χ2n) is 8.92. The van der Waals surface area contributed by atoms with Gasteiger partial charge in [-0.2, -0.15) is 9.29 Å². The van der Waals surface area contributed by atoms with E-state index >= 15 is 0 Å². The molecule has 38 heavy (non-hydrogen) atoms. The van der Waals surface area contributed by atoms with Gasteiger partial charge < -0.3 is 14.6 Å². The fourth-order valence-corrected chi connectivity index (χ4v) is 5.37. The number of anilines is 1. The van der Waals surface area contributed by atoms with Crippen LogP contribution >= 0.6 is 0 Å². The number of fused-ring (bicyclic) bond motifs is 2. The summed E-state index contributed by atoms with van der Waals surface area (Å²) in [5.41, 5.74) is 1.12. The normalized spacial score (nSPS) is 18.5. The van der Waals surface area contributed by atoms with Gasteiger partial charge in [0.25, 0.3) is 12.3 Å². The molecule has 1 fully saturated rings. The van der Waals surface area contributed by atoms with Crippen molar-refractivity contribution in [1.82, 2.24) is 28.5 Å². The molecule has 0 amide bonds. The number of alkyl halides is 4. The fraction of sp³-hybridized carbons (Fsp3) is 0.409. The zero-order chi connectivity index (χ0) is 27.4. The van der Waals surface area contributed by atoms with E-state index in [9.17, 15) is 30.4 Å². The molecule has 204 valence electrons. The molecule has 4 aromatic rings. The Labute approximate surface area is 213 Å². The molecule has 0 saturated carbocycles. The molecular formula is C22H22F5N7O3S. The Morgan fingerprint density at radius 1 is 1.29 bits per heavy atom. The first kappa shape index (κ1) is 26.1. The van der Waals surface area contributed by atoms with Gasteiger partial charge in [-0.1, -0.05) is 0 Å². The van der Waals surface area contributed by atoms with E-state index in [1.165, 1.54) is 30.0 Å². The number of benzene rings is 1. The Morgan fingerprint density at radius 3 is 2.71 bits per heavy atom. The highest BCUT2D eigenvalue weighted by Crippen LogP contribution is 2.35. The second-order valence-corrected chi connectivity index (χ2v) is 10.9. The minimum Gasteiger partial charge on any atom is -0.479 e.